The van der Waals surface area contributed by atoms with Crippen molar-refractivity contribution in [2.75, 3.05) is 19.0 Å². The minimum atomic E-state index is -0.501. The molecule has 0 unspecified atom stereocenters. The first kappa shape index (κ1) is 12.9. The predicted octanol–water partition coefficient (Wildman–Crippen LogP) is 2.36. The third-order valence-corrected chi connectivity index (χ3v) is 3.20. The molecule has 0 atom stereocenters. The molecule has 1 aromatic heterocycles. The monoisotopic (exact) mass is 262 g/mol. The van der Waals surface area contributed by atoms with Crippen LogP contribution >= 0.6 is 22.9 Å². The summed E-state index contributed by atoms with van der Waals surface area (Å²) in [4.78, 5) is 23.8. The van der Waals surface area contributed by atoms with Crippen LogP contribution in [-0.4, -0.2) is 34.7 Å². The van der Waals surface area contributed by atoms with Gasteiger partial charge in [0.1, 0.15) is 0 Å². The van der Waals surface area contributed by atoms with Crippen LogP contribution in [0.1, 0.15) is 16.6 Å². The van der Waals surface area contributed by atoms with Crippen molar-refractivity contribution in [3.8, 4) is 0 Å². The van der Waals surface area contributed by atoms with Crippen molar-refractivity contribution in [1.82, 2.24) is 4.90 Å². The van der Waals surface area contributed by atoms with Gasteiger partial charge in [-0.3, -0.25) is 14.9 Å². The molecule has 0 saturated carbocycles. The third kappa shape index (κ3) is 2.93. The van der Waals surface area contributed by atoms with Gasteiger partial charge < -0.3 is 4.90 Å². The van der Waals surface area contributed by atoms with E-state index < -0.39 is 4.92 Å². The molecule has 1 heterocycles. The highest BCUT2D eigenvalue weighted by atomic mass is 35.5. The topological polar surface area (TPSA) is 63.5 Å². The number of amides is 1. The molecule has 16 heavy (non-hydrogen) atoms. The molecule has 0 aliphatic carbocycles. The third-order valence-electron chi connectivity index (χ3n) is 2.01. The van der Waals surface area contributed by atoms with Crippen LogP contribution in [0, 0.1) is 10.1 Å². The number of hydrogen-bond acceptors (Lipinski definition) is 4. The average molecular weight is 263 g/mol. The summed E-state index contributed by atoms with van der Waals surface area (Å²) in [6, 6.07) is 2.81. The van der Waals surface area contributed by atoms with Gasteiger partial charge in [-0.1, -0.05) is 11.3 Å². The number of nitro groups is 1. The second-order valence-electron chi connectivity index (χ2n) is 2.97. The molecule has 1 amide bonds. The first-order valence-electron chi connectivity index (χ1n) is 4.69. The van der Waals surface area contributed by atoms with Crippen LogP contribution in [0.15, 0.2) is 12.1 Å². The number of carbonyl (C=O) groups is 1. The molecule has 0 radical (unpaired) electrons. The van der Waals surface area contributed by atoms with E-state index in [4.69, 9.17) is 11.6 Å². The van der Waals surface area contributed by atoms with E-state index in [1.165, 1.54) is 12.1 Å². The molecular formula is C9H11ClN2O3S. The smallest absolute Gasteiger partial charge is 0.324 e. The van der Waals surface area contributed by atoms with Gasteiger partial charge in [0.05, 0.1) is 9.80 Å². The molecule has 0 aromatic carbocycles. The van der Waals surface area contributed by atoms with Crippen molar-refractivity contribution in [2.24, 2.45) is 0 Å². The zero-order chi connectivity index (χ0) is 12.1. The first-order valence-corrected chi connectivity index (χ1v) is 6.04. The van der Waals surface area contributed by atoms with E-state index in [1.54, 1.807) is 4.90 Å². The Bertz CT molecular complexity index is 394. The highest BCUT2D eigenvalue weighted by Crippen LogP contribution is 2.24. The van der Waals surface area contributed by atoms with E-state index in [0.717, 1.165) is 11.3 Å². The van der Waals surface area contributed by atoms with Gasteiger partial charge in [-0.25, -0.2) is 0 Å². The second-order valence-corrected chi connectivity index (χ2v) is 4.41. The molecule has 0 spiro atoms. The largest absolute Gasteiger partial charge is 0.337 e. The van der Waals surface area contributed by atoms with Crippen LogP contribution in [-0.2, 0) is 0 Å². The van der Waals surface area contributed by atoms with Gasteiger partial charge >= 0.3 is 5.00 Å². The average Bonchev–Trinajstić information content (AvgIpc) is 2.74. The highest BCUT2D eigenvalue weighted by Gasteiger charge is 2.19. The van der Waals surface area contributed by atoms with Crippen molar-refractivity contribution in [3.05, 3.63) is 27.1 Å². The van der Waals surface area contributed by atoms with Crippen molar-refractivity contribution in [3.63, 3.8) is 0 Å². The second kappa shape index (κ2) is 5.81. The van der Waals surface area contributed by atoms with Crippen LogP contribution in [0.25, 0.3) is 0 Å². The van der Waals surface area contributed by atoms with Gasteiger partial charge in [0, 0.05) is 25.0 Å². The van der Waals surface area contributed by atoms with Crippen molar-refractivity contribution >= 4 is 33.8 Å². The van der Waals surface area contributed by atoms with Crippen LogP contribution in [0.2, 0.25) is 0 Å². The fourth-order valence-corrected chi connectivity index (χ4v) is 2.19. The van der Waals surface area contributed by atoms with Gasteiger partial charge in [0.25, 0.3) is 5.91 Å². The summed E-state index contributed by atoms with van der Waals surface area (Å²) < 4.78 is 0. The molecule has 7 heteroatoms. The lowest BCUT2D eigenvalue weighted by molar-refractivity contribution is -0.380. The summed E-state index contributed by atoms with van der Waals surface area (Å²) in [7, 11) is 0. The Balaban J connectivity index is 2.82. The number of hydrogen-bond donors (Lipinski definition) is 0. The van der Waals surface area contributed by atoms with Gasteiger partial charge in [0.2, 0.25) is 0 Å². The molecule has 0 bridgehead atoms. The molecule has 0 fully saturated rings. The van der Waals surface area contributed by atoms with Crippen LogP contribution in [0.3, 0.4) is 0 Å². The Morgan fingerprint density at radius 1 is 1.62 bits per heavy atom. The Morgan fingerprint density at radius 3 is 2.75 bits per heavy atom. The Morgan fingerprint density at radius 2 is 2.31 bits per heavy atom. The summed E-state index contributed by atoms with van der Waals surface area (Å²) in [5.41, 5.74) is 0. The van der Waals surface area contributed by atoms with Crippen LogP contribution < -0.4 is 0 Å². The maximum Gasteiger partial charge on any atom is 0.324 e. The molecule has 0 aliphatic rings. The maximum absolute atomic E-state index is 11.9. The molecule has 0 N–H and O–H groups in total. The number of rotatable bonds is 5. The van der Waals surface area contributed by atoms with Gasteiger partial charge in [-0.05, 0) is 13.0 Å². The quantitative estimate of drug-likeness (QED) is 0.465. The van der Waals surface area contributed by atoms with E-state index in [0.29, 0.717) is 23.8 Å². The molecule has 0 aliphatic heterocycles. The summed E-state index contributed by atoms with van der Waals surface area (Å²) >= 11 is 6.45. The maximum atomic E-state index is 11.9. The standard InChI is InChI=1S/C9H11ClN2O3S/c1-2-11(6-5-10)9(13)7-3-4-8(16-7)12(14)15/h3-4H,2,5-6H2,1H3. The molecule has 0 saturated heterocycles. The lowest BCUT2D eigenvalue weighted by atomic mass is 10.4. The Labute approximate surface area is 102 Å². The summed E-state index contributed by atoms with van der Waals surface area (Å²) in [5, 5.41) is 10.4. The Kier molecular flexibility index (Phi) is 4.70. The van der Waals surface area contributed by atoms with E-state index in [1.807, 2.05) is 6.92 Å². The highest BCUT2D eigenvalue weighted by molar-refractivity contribution is 7.17. The van der Waals surface area contributed by atoms with E-state index >= 15 is 0 Å². The number of alkyl halides is 1. The fourth-order valence-electron chi connectivity index (χ4n) is 1.20. The van der Waals surface area contributed by atoms with Crippen LogP contribution in [0.5, 0.6) is 0 Å². The van der Waals surface area contributed by atoms with E-state index in [-0.39, 0.29) is 10.9 Å². The first-order chi connectivity index (χ1) is 7.60. The minimum absolute atomic E-state index is 0.0229. The van der Waals surface area contributed by atoms with Crippen molar-refractivity contribution in [1.29, 1.82) is 0 Å². The van der Waals surface area contributed by atoms with Crippen molar-refractivity contribution in [2.45, 2.75) is 6.92 Å². The van der Waals surface area contributed by atoms with Gasteiger partial charge in [0.15, 0.2) is 0 Å². The minimum Gasteiger partial charge on any atom is -0.337 e. The molecular weight excluding hydrogens is 252 g/mol. The zero-order valence-electron chi connectivity index (χ0n) is 8.68. The normalized spacial score (nSPS) is 10.1. The van der Waals surface area contributed by atoms with Gasteiger partial charge in [-0.2, -0.15) is 0 Å². The number of nitrogens with zero attached hydrogens (tertiary/aromatic N) is 2. The summed E-state index contributed by atoms with van der Waals surface area (Å²) in [6.45, 7) is 2.83. The number of halogens is 1. The molecule has 88 valence electrons. The summed E-state index contributed by atoms with van der Waals surface area (Å²) in [5.74, 6) is 0.147. The predicted molar refractivity (Wildman–Crippen MR) is 63.3 cm³/mol. The number of thiophene rings is 1. The zero-order valence-corrected chi connectivity index (χ0v) is 10.3. The van der Waals surface area contributed by atoms with E-state index in [9.17, 15) is 14.9 Å². The van der Waals surface area contributed by atoms with Gasteiger partial charge in [-0.15, -0.1) is 11.6 Å². The Hall–Kier alpha value is -1.14. The molecule has 5 nitrogen and oxygen atoms in total. The number of carbonyl (C=O) groups excluding carboxylic acids is 1. The lowest BCUT2D eigenvalue weighted by Crippen LogP contribution is -2.31. The lowest BCUT2D eigenvalue weighted by Gasteiger charge is -2.18. The fraction of sp³-hybridized carbons (Fsp3) is 0.444. The SMILES string of the molecule is CCN(CCCl)C(=O)c1ccc([N+](=O)[O-])s1. The van der Waals surface area contributed by atoms with Crippen molar-refractivity contribution < 1.29 is 9.72 Å². The molecule has 1 rings (SSSR count). The summed E-state index contributed by atoms with van der Waals surface area (Å²) in [6.07, 6.45) is 0. The van der Waals surface area contributed by atoms with E-state index in [2.05, 4.69) is 0 Å². The molecule has 1 aromatic rings. The van der Waals surface area contributed by atoms with Crippen LogP contribution in [0.4, 0.5) is 5.00 Å².